The van der Waals surface area contributed by atoms with E-state index in [2.05, 4.69) is 10.6 Å². The fourth-order valence-corrected chi connectivity index (χ4v) is 6.52. The second kappa shape index (κ2) is 26.5. The van der Waals surface area contributed by atoms with Crippen LogP contribution in [0.4, 0.5) is 0 Å². The molecule has 0 bridgehead atoms. The molecule has 0 aliphatic rings. The van der Waals surface area contributed by atoms with Gasteiger partial charge in [-0.3, -0.25) is 9.59 Å². The standard InChI is InChI=1S/C56H52N2O11/c1-2-33-57-52(60)49(35-42-27-30-47(31-28-42)69-51(55(63)67-38-45-19-11-5-12-20-45)56(64)68-39-46-21-13-6-14-22-46)58-50(59)32-29-40-23-25-41(26-24-40)34-48(53(61)65-36-43-15-7-3-8-16-43)54(62)66-37-44-17-9-4-10-18-44/h3-32,34,49,51H,2,33,35-39H2,1H3,(H,57,60)(H,58,59)/b32-29+. The lowest BCUT2D eigenvalue weighted by Crippen LogP contribution is -2.47. The first-order chi connectivity index (χ1) is 33.6. The summed E-state index contributed by atoms with van der Waals surface area (Å²) in [6.45, 7) is 2.07. The lowest BCUT2D eigenvalue weighted by atomic mass is 10.0. The Hall–Kier alpha value is -8.58. The molecule has 0 saturated heterocycles. The minimum atomic E-state index is -1.73. The highest BCUT2D eigenvalue weighted by Gasteiger charge is 2.33. The van der Waals surface area contributed by atoms with Crippen molar-refractivity contribution in [2.24, 2.45) is 0 Å². The molecule has 0 heterocycles. The zero-order valence-electron chi connectivity index (χ0n) is 38.0. The fourth-order valence-electron chi connectivity index (χ4n) is 6.52. The van der Waals surface area contributed by atoms with Crippen LogP contribution >= 0.6 is 0 Å². The van der Waals surface area contributed by atoms with Crippen LogP contribution in [0.25, 0.3) is 12.2 Å². The molecule has 0 aliphatic heterocycles. The monoisotopic (exact) mass is 928 g/mol. The molecule has 352 valence electrons. The number of amides is 2. The number of carbonyl (C=O) groups excluding carboxylic acids is 6. The largest absolute Gasteiger partial charge is 0.467 e. The van der Waals surface area contributed by atoms with Crippen molar-refractivity contribution in [3.05, 3.63) is 220 Å². The van der Waals surface area contributed by atoms with Crippen molar-refractivity contribution in [2.45, 2.75) is 58.3 Å². The molecular weight excluding hydrogens is 877 g/mol. The summed E-state index contributed by atoms with van der Waals surface area (Å²) in [6, 6.07) is 48.4. The van der Waals surface area contributed by atoms with Crippen molar-refractivity contribution in [1.82, 2.24) is 10.6 Å². The fraction of sp³-hybridized carbons (Fsp3) is 0.179. The van der Waals surface area contributed by atoms with Crippen molar-refractivity contribution in [3.8, 4) is 5.75 Å². The number of benzene rings is 6. The van der Waals surface area contributed by atoms with Gasteiger partial charge in [-0.25, -0.2) is 19.2 Å². The number of nitrogens with one attached hydrogen (secondary N) is 2. The summed E-state index contributed by atoms with van der Waals surface area (Å²) in [7, 11) is 0. The number of rotatable bonds is 23. The molecule has 1 atom stereocenters. The summed E-state index contributed by atoms with van der Waals surface area (Å²) >= 11 is 0. The Kier molecular flexibility index (Phi) is 19.2. The van der Waals surface area contributed by atoms with Crippen molar-refractivity contribution in [2.75, 3.05) is 6.54 Å². The van der Waals surface area contributed by atoms with Crippen LogP contribution in [0, 0.1) is 0 Å². The minimum absolute atomic E-state index is 0.0390. The second-order valence-electron chi connectivity index (χ2n) is 15.6. The summed E-state index contributed by atoms with van der Waals surface area (Å²) in [4.78, 5) is 79.5. The third kappa shape index (κ3) is 16.7. The van der Waals surface area contributed by atoms with E-state index in [9.17, 15) is 28.8 Å². The van der Waals surface area contributed by atoms with Gasteiger partial charge in [0.15, 0.2) is 0 Å². The van der Waals surface area contributed by atoms with E-state index in [0.29, 0.717) is 29.7 Å². The van der Waals surface area contributed by atoms with E-state index in [1.54, 1.807) is 127 Å². The van der Waals surface area contributed by atoms with E-state index >= 15 is 0 Å². The van der Waals surface area contributed by atoms with E-state index in [0.717, 1.165) is 22.3 Å². The van der Waals surface area contributed by atoms with Crippen LogP contribution in [0.2, 0.25) is 0 Å². The van der Waals surface area contributed by atoms with Gasteiger partial charge in [0.1, 0.15) is 43.8 Å². The molecule has 6 aromatic carbocycles. The van der Waals surface area contributed by atoms with Gasteiger partial charge in [0, 0.05) is 19.0 Å². The molecule has 2 amide bonds. The first-order valence-corrected chi connectivity index (χ1v) is 22.3. The zero-order valence-corrected chi connectivity index (χ0v) is 38.0. The molecule has 6 aromatic rings. The highest BCUT2D eigenvalue weighted by atomic mass is 16.6. The molecule has 69 heavy (non-hydrogen) atoms. The van der Waals surface area contributed by atoms with Crippen molar-refractivity contribution >= 4 is 47.8 Å². The third-order valence-electron chi connectivity index (χ3n) is 10.2. The van der Waals surface area contributed by atoms with Gasteiger partial charge in [-0.05, 0) is 69.6 Å². The average molecular weight is 929 g/mol. The molecule has 0 fully saturated rings. The molecule has 1 unspecified atom stereocenters. The maximum atomic E-state index is 13.3. The maximum absolute atomic E-state index is 13.3. The van der Waals surface area contributed by atoms with Crippen LogP contribution in [-0.4, -0.2) is 54.4 Å². The second-order valence-corrected chi connectivity index (χ2v) is 15.6. The van der Waals surface area contributed by atoms with E-state index < -0.39 is 47.8 Å². The number of ether oxygens (including phenoxy) is 5. The molecule has 13 heteroatoms. The zero-order chi connectivity index (χ0) is 48.6. The minimum Gasteiger partial charge on any atom is -0.467 e. The molecule has 0 spiro atoms. The van der Waals surface area contributed by atoms with Gasteiger partial charge in [-0.15, -0.1) is 0 Å². The number of esters is 4. The Morgan fingerprint density at radius 1 is 0.507 bits per heavy atom. The van der Waals surface area contributed by atoms with E-state index in [1.165, 1.54) is 12.2 Å². The molecule has 0 saturated carbocycles. The van der Waals surface area contributed by atoms with Gasteiger partial charge in [0.2, 0.25) is 11.8 Å². The molecule has 2 N–H and O–H groups in total. The predicted molar refractivity (Wildman–Crippen MR) is 258 cm³/mol. The van der Waals surface area contributed by atoms with Crippen LogP contribution in [0.3, 0.4) is 0 Å². The molecule has 0 aliphatic carbocycles. The van der Waals surface area contributed by atoms with Crippen molar-refractivity contribution < 1.29 is 52.5 Å². The van der Waals surface area contributed by atoms with Crippen LogP contribution in [0.1, 0.15) is 52.3 Å². The third-order valence-corrected chi connectivity index (χ3v) is 10.2. The van der Waals surface area contributed by atoms with E-state index in [1.807, 2.05) is 55.5 Å². The number of hydrogen-bond acceptors (Lipinski definition) is 11. The van der Waals surface area contributed by atoms with Crippen molar-refractivity contribution in [1.29, 1.82) is 0 Å². The van der Waals surface area contributed by atoms with Gasteiger partial charge in [0.25, 0.3) is 6.10 Å². The highest BCUT2D eigenvalue weighted by molar-refractivity contribution is 6.17. The molecule has 0 radical (unpaired) electrons. The van der Waals surface area contributed by atoms with Gasteiger partial charge >= 0.3 is 23.9 Å². The molecule has 6 rings (SSSR count). The van der Waals surface area contributed by atoms with E-state index in [-0.39, 0.29) is 44.2 Å². The summed E-state index contributed by atoms with van der Waals surface area (Å²) in [5.41, 5.74) is 4.43. The van der Waals surface area contributed by atoms with Crippen LogP contribution in [-0.2, 0) is 80.6 Å². The van der Waals surface area contributed by atoms with Gasteiger partial charge < -0.3 is 34.3 Å². The van der Waals surface area contributed by atoms with Crippen LogP contribution in [0.5, 0.6) is 5.75 Å². The number of hydrogen-bond donors (Lipinski definition) is 2. The lowest BCUT2D eigenvalue weighted by molar-refractivity contribution is -0.168. The SMILES string of the molecule is CCCNC(=O)C(Cc1ccc(OC(C(=O)OCc2ccccc2)C(=O)OCc2ccccc2)cc1)NC(=O)/C=C/c1ccc(C=C(C(=O)OCc2ccccc2)C(=O)OCc2ccccc2)cc1. The highest BCUT2D eigenvalue weighted by Crippen LogP contribution is 2.19. The number of carbonyl (C=O) groups is 6. The predicted octanol–water partition coefficient (Wildman–Crippen LogP) is 8.06. The maximum Gasteiger partial charge on any atom is 0.359 e. The quantitative estimate of drug-likeness (QED) is 0.0209. The molecule has 13 nitrogen and oxygen atoms in total. The molecule has 0 aromatic heterocycles. The lowest BCUT2D eigenvalue weighted by Gasteiger charge is -2.19. The van der Waals surface area contributed by atoms with Crippen LogP contribution in [0.15, 0.2) is 182 Å². The average Bonchev–Trinajstić information content (AvgIpc) is 3.39. The molecular formula is C56H52N2O11. The first-order valence-electron chi connectivity index (χ1n) is 22.3. The first kappa shape index (κ1) is 49.8. The van der Waals surface area contributed by atoms with Gasteiger partial charge in [-0.2, -0.15) is 0 Å². The van der Waals surface area contributed by atoms with E-state index in [4.69, 9.17) is 23.7 Å². The normalized spacial score (nSPS) is 11.2. The van der Waals surface area contributed by atoms with Crippen LogP contribution < -0.4 is 15.4 Å². The summed E-state index contributed by atoms with van der Waals surface area (Å²) in [6.07, 6.45) is 3.29. The summed E-state index contributed by atoms with van der Waals surface area (Å²) in [5, 5.41) is 5.62. The Morgan fingerprint density at radius 2 is 0.942 bits per heavy atom. The summed E-state index contributed by atoms with van der Waals surface area (Å²) < 4.78 is 27.7. The Bertz CT molecular complexity index is 2560. The Balaban J connectivity index is 1.09. The van der Waals surface area contributed by atoms with Crippen molar-refractivity contribution in [3.63, 3.8) is 0 Å². The smallest absolute Gasteiger partial charge is 0.359 e. The topological polar surface area (TPSA) is 173 Å². The van der Waals surface area contributed by atoms with Gasteiger partial charge in [0.05, 0.1) is 0 Å². The Labute approximate surface area is 400 Å². The Morgan fingerprint density at radius 3 is 1.39 bits per heavy atom. The summed E-state index contributed by atoms with van der Waals surface area (Å²) in [5.74, 6) is -4.31. The van der Waals surface area contributed by atoms with Gasteiger partial charge in [-0.1, -0.05) is 165 Å².